The molecule has 1 heterocycles. The van der Waals surface area contributed by atoms with Crippen LogP contribution in [0.2, 0.25) is 0 Å². The fourth-order valence-corrected chi connectivity index (χ4v) is 4.75. The Kier molecular flexibility index (Phi) is 6.41. The van der Waals surface area contributed by atoms with Crippen LogP contribution in [-0.2, 0) is 12.8 Å². The molecule has 1 aliphatic carbocycles. The van der Waals surface area contributed by atoms with Crippen molar-refractivity contribution in [3.05, 3.63) is 65.0 Å². The molecule has 1 spiro atoms. The highest BCUT2D eigenvalue weighted by molar-refractivity contribution is 6.05. The molecule has 1 fully saturated rings. The van der Waals surface area contributed by atoms with E-state index in [0.717, 1.165) is 74.1 Å². The zero-order valence-corrected chi connectivity index (χ0v) is 17.1. The van der Waals surface area contributed by atoms with E-state index in [9.17, 15) is 9.18 Å². The number of likely N-dealkylation sites (tertiary alicyclic amines) is 1. The van der Waals surface area contributed by atoms with E-state index in [0.29, 0.717) is 0 Å². The number of hydrogen-bond acceptors (Lipinski definition) is 3. The molecule has 5 heteroatoms. The highest BCUT2D eigenvalue weighted by Gasteiger charge is 2.47. The number of fused-ring (bicyclic) bond motifs is 1. The SMILES string of the molecule is COc1ccc2c(c1)CC[C@@]1(CCCCN1CCc1cccc(F)c1)C2=O.Cl. The standard InChI is InChI=1S/C23H26FNO2.ClH/c1-27-20-7-8-21-18(16-20)9-12-23(22(21)26)11-2-3-13-25(23)14-10-17-5-4-6-19(24)15-17;/h4-8,15-16H,2-3,9-14H2,1H3;1H/t23-;/m0./s1. The largest absolute Gasteiger partial charge is 0.497 e. The lowest BCUT2D eigenvalue weighted by molar-refractivity contribution is 0.0298. The van der Waals surface area contributed by atoms with E-state index in [4.69, 9.17) is 4.74 Å². The maximum Gasteiger partial charge on any atom is 0.183 e. The number of carbonyl (C=O) groups is 1. The summed E-state index contributed by atoms with van der Waals surface area (Å²) in [4.78, 5) is 15.9. The Labute approximate surface area is 172 Å². The Balaban J connectivity index is 0.00000225. The van der Waals surface area contributed by atoms with E-state index >= 15 is 0 Å². The van der Waals surface area contributed by atoms with Crippen molar-refractivity contribution < 1.29 is 13.9 Å². The van der Waals surface area contributed by atoms with Gasteiger partial charge in [0.05, 0.1) is 12.6 Å². The van der Waals surface area contributed by atoms with E-state index in [1.807, 2.05) is 24.3 Å². The van der Waals surface area contributed by atoms with E-state index in [1.54, 1.807) is 19.2 Å². The maximum absolute atomic E-state index is 13.5. The average molecular weight is 404 g/mol. The molecule has 2 aromatic rings. The number of halogens is 2. The summed E-state index contributed by atoms with van der Waals surface area (Å²) in [5.74, 6) is 0.868. The van der Waals surface area contributed by atoms with Crippen LogP contribution in [0, 0.1) is 5.82 Å². The fraction of sp³-hybridized carbons (Fsp3) is 0.435. The molecule has 0 bridgehead atoms. The predicted octanol–water partition coefficient (Wildman–Crippen LogP) is 4.85. The van der Waals surface area contributed by atoms with Gasteiger partial charge in [-0.25, -0.2) is 4.39 Å². The highest BCUT2D eigenvalue weighted by Crippen LogP contribution is 2.40. The number of aryl methyl sites for hydroxylation is 1. The summed E-state index contributed by atoms with van der Waals surface area (Å²) in [5, 5.41) is 0. The van der Waals surface area contributed by atoms with Gasteiger partial charge in [0.1, 0.15) is 11.6 Å². The van der Waals surface area contributed by atoms with Crippen molar-refractivity contribution in [1.29, 1.82) is 0 Å². The first-order chi connectivity index (χ1) is 13.1. The molecule has 28 heavy (non-hydrogen) atoms. The van der Waals surface area contributed by atoms with Crippen LogP contribution in [0.5, 0.6) is 5.75 Å². The number of piperidine rings is 1. The third kappa shape index (κ3) is 3.81. The van der Waals surface area contributed by atoms with Crippen molar-refractivity contribution in [3.8, 4) is 5.75 Å². The summed E-state index contributed by atoms with van der Waals surface area (Å²) in [6.45, 7) is 1.73. The van der Waals surface area contributed by atoms with E-state index in [-0.39, 0.29) is 24.0 Å². The van der Waals surface area contributed by atoms with Crippen LogP contribution in [0.1, 0.15) is 47.2 Å². The number of Topliss-reactive ketones (excluding diaryl/α,β-unsaturated/α-hetero) is 1. The first-order valence-corrected chi connectivity index (χ1v) is 9.84. The first kappa shape index (κ1) is 20.8. The van der Waals surface area contributed by atoms with Crippen molar-refractivity contribution in [2.24, 2.45) is 0 Å². The molecule has 0 radical (unpaired) electrons. The Hall–Kier alpha value is -1.91. The smallest absolute Gasteiger partial charge is 0.183 e. The second-order valence-corrected chi connectivity index (χ2v) is 7.71. The topological polar surface area (TPSA) is 29.5 Å². The normalized spacial score (nSPS) is 21.9. The Morgan fingerprint density at radius 3 is 2.79 bits per heavy atom. The van der Waals surface area contributed by atoms with Crippen molar-refractivity contribution in [3.63, 3.8) is 0 Å². The average Bonchev–Trinajstić information content (AvgIpc) is 2.70. The summed E-state index contributed by atoms with van der Waals surface area (Å²) in [6, 6.07) is 12.6. The van der Waals surface area contributed by atoms with Gasteiger partial charge in [0.25, 0.3) is 0 Å². The number of carbonyl (C=O) groups excluding carboxylic acids is 1. The summed E-state index contributed by atoms with van der Waals surface area (Å²) in [6.07, 6.45) is 5.65. The molecule has 1 atom stereocenters. The molecule has 0 amide bonds. The molecule has 1 aliphatic heterocycles. The Bertz CT molecular complexity index is 856. The molecule has 0 N–H and O–H groups in total. The van der Waals surface area contributed by atoms with Crippen LogP contribution >= 0.6 is 12.4 Å². The van der Waals surface area contributed by atoms with Gasteiger partial charge < -0.3 is 4.74 Å². The number of methoxy groups -OCH3 is 1. The first-order valence-electron chi connectivity index (χ1n) is 9.84. The third-order valence-electron chi connectivity index (χ3n) is 6.22. The molecule has 3 nitrogen and oxygen atoms in total. The van der Waals surface area contributed by atoms with Crippen molar-refractivity contribution in [2.45, 2.75) is 44.1 Å². The molecule has 150 valence electrons. The number of ether oxygens (including phenoxy) is 1. The van der Waals surface area contributed by atoms with Crippen LogP contribution in [0.25, 0.3) is 0 Å². The van der Waals surface area contributed by atoms with Crippen molar-refractivity contribution in [1.82, 2.24) is 4.90 Å². The number of rotatable bonds is 4. The zero-order valence-electron chi connectivity index (χ0n) is 16.2. The second kappa shape index (κ2) is 8.62. The van der Waals surface area contributed by atoms with Crippen molar-refractivity contribution >= 4 is 18.2 Å². The molecular formula is C23H27ClFNO2. The summed E-state index contributed by atoms with van der Waals surface area (Å²) in [7, 11) is 1.66. The molecule has 0 saturated carbocycles. The van der Waals surface area contributed by atoms with Gasteiger partial charge in [0.2, 0.25) is 0 Å². The van der Waals surface area contributed by atoms with Gasteiger partial charge in [-0.2, -0.15) is 0 Å². The number of ketones is 1. The van der Waals surface area contributed by atoms with Gasteiger partial charge in [-0.3, -0.25) is 9.69 Å². The number of benzene rings is 2. The third-order valence-corrected chi connectivity index (χ3v) is 6.22. The molecule has 0 unspecified atom stereocenters. The molecule has 1 saturated heterocycles. The lowest BCUT2D eigenvalue weighted by Crippen LogP contribution is -2.59. The monoisotopic (exact) mass is 403 g/mol. The number of hydrogen-bond donors (Lipinski definition) is 0. The van der Waals surface area contributed by atoms with Crippen LogP contribution in [-0.4, -0.2) is 36.4 Å². The summed E-state index contributed by atoms with van der Waals surface area (Å²) < 4.78 is 18.8. The van der Waals surface area contributed by atoms with E-state index in [1.165, 1.54) is 6.07 Å². The minimum absolute atomic E-state index is 0. The predicted molar refractivity (Wildman–Crippen MR) is 111 cm³/mol. The van der Waals surface area contributed by atoms with Crippen LogP contribution in [0.3, 0.4) is 0 Å². The molecule has 2 aromatic carbocycles. The van der Waals surface area contributed by atoms with Crippen LogP contribution in [0.15, 0.2) is 42.5 Å². The van der Waals surface area contributed by atoms with Gasteiger partial charge in [-0.05, 0) is 86.5 Å². The minimum Gasteiger partial charge on any atom is -0.497 e. The van der Waals surface area contributed by atoms with Gasteiger partial charge in [0.15, 0.2) is 5.78 Å². The quantitative estimate of drug-likeness (QED) is 0.730. The maximum atomic E-state index is 13.5. The molecule has 2 aliphatic rings. The molecule has 4 rings (SSSR count). The Morgan fingerprint density at radius 1 is 1.14 bits per heavy atom. The van der Waals surface area contributed by atoms with Crippen LogP contribution < -0.4 is 4.74 Å². The lowest BCUT2D eigenvalue weighted by Gasteiger charge is -2.48. The van der Waals surface area contributed by atoms with Crippen molar-refractivity contribution in [2.75, 3.05) is 20.2 Å². The lowest BCUT2D eigenvalue weighted by atomic mass is 9.71. The fourth-order valence-electron chi connectivity index (χ4n) is 4.75. The Morgan fingerprint density at radius 2 is 2.00 bits per heavy atom. The summed E-state index contributed by atoms with van der Waals surface area (Å²) in [5.41, 5.74) is 2.54. The highest BCUT2D eigenvalue weighted by atomic mass is 35.5. The zero-order chi connectivity index (χ0) is 18.9. The minimum atomic E-state index is -0.396. The van der Waals surface area contributed by atoms with Gasteiger partial charge >= 0.3 is 0 Å². The number of nitrogens with zero attached hydrogens (tertiary/aromatic N) is 1. The van der Waals surface area contributed by atoms with Gasteiger partial charge in [-0.1, -0.05) is 12.1 Å². The summed E-state index contributed by atoms with van der Waals surface area (Å²) >= 11 is 0. The van der Waals surface area contributed by atoms with Crippen LogP contribution in [0.4, 0.5) is 4.39 Å². The second-order valence-electron chi connectivity index (χ2n) is 7.71. The van der Waals surface area contributed by atoms with E-state index in [2.05, 4.69) is 4.90 Å². The van der Waals surface area contributed by atoms with Gasteiger partial charge in [-0.15, -0.1) is 12.4 Å². The molecular weight excluding hydrogens is 377 g/mol. The molecule has 0 aromatic heterocycles. The van der Waals surface area contributed by atoms with Gasteiger partial charge in [0, 0.05) is 12.1 Å². The van der Waals surface area contributed by atoms with E-state index < -0.39 is 5.54 Å².